The topological polar surface area (TPSA) is 53.9 Å². The Hall–Kier alpha value is -2.96. The SMILES string of the molecule is CCNC(=O)N(Cc1cccc(F)c1)C[C@@H]1CC(c2ccc(F)cc2)=NO1. The minimum absolute atomic E-state index is 0.249. The number of carbonyl (C=O) groups excluding carboxylic acids is 1. The molecule has 1 aliphatic rings. The first kappa shape index (κ1) is 18.8. The first-order chi connectivity index (χ1) is 13.0. The van der Waals surface area contributed by atoms with Crippen LogP contribution in [0.15, 0.2) is 53.7 Å². The van der Waals surface area contributed by atoms with Gasteiger partial charge in [-0.15, -0.1) is 0 Å². The minimum atomic E-state index is -0.345. The first-order valence-corrected chi connectivity index (χ1v) is 8.81. The number of rotatable bonds is 6. The van der Waals surface area contributed by atoms with Gasteiger partial charge in [0.2, 0.25) is 0 Å². The maximum Gasteiger partial charge on any atom is 0.317 e. The quantitative estimate of drug-likeness (QED) is 0.840. The molecule has 3 rings (SSSR count). The first-order valence-electron chi connectivity index (χ1n) is 8.81. The number of benzene rings is 2. The molecule has 0 aliphatic carbocycles. The Labute approximate surface area is 156 Å². The second-order valence-corrected chi connectivity index (χ2v) is 6.32. The second-order valence-electron chi connectivity index (χ2n) is 6.32. The Morgan fingerprint density at radius 3 is 2.70 bits per heavy atom. The van der Waals surface area contributed by atoms with Crippen molar-refractivity contribution in [2.75, 3.05) is 13.1 Å². The smallest absolute Gasteiger partial charge is 0.317 e. The molecular formula is C20H21F2N3O2. The Bertz CT molecular complexity index is 824. The van der Waals surface area contributed by atoms with Crippen molar-refractivity contribution < 1.29 is 18.4 Å². The third-order valence-corrected chi connectivity index (χ3v) is 4.21. The molecule has 1 heterocycles. The van der Waals surface area contributed by atoms with Crippen molar-refractivity contribution >= 4 is 11.7 Å². The summed E-state index contributed by atoms with van der Waals surface area (Å²) in [6, 6.07) is 11.9. The summed E-state index contributed by atoms with van der Waals surface area (Å²) < 4.78 is 26.5. The lowest BCUT2D eigenvalue weighted by molar-refractivity contribution is 0.0590. The molecule has 1 N–H and O–H groups in total. The number of hydrogen-bond donors (Lipinski definition) is 1. The fourth-order valence-electron chi connectivity index (χ4n) is 2.92. The summed E-state index contributed by atoms with van der Waals surface area (Å²) in [5.41, 5.74) is 2.19. The highest BCUT2D eigenvalue weighted by Gasteiger charge is 2.26. The molecule has 5 nitrogen and oxygen atoms in total. The zero-order chi connectivity index (χ0) is 19.2. The lowest BCUT2D eigenvalue weighted by Gasteiger charge is -2.25. The number of oxime groups is 1. The molecule has 0 bridgehead atoms. The van der Waals surface area contributed by atoms with Gasteiger partial charge in [-0.05, 0) is 42.3 Å². The van der Waals surface area contributed by atoms with Gasteiger partial charge in [0.25, 0.3) is 0 Å². The fourth-order valence-corrected chi connectivity index (χ4v) is 2.92. The summed E-state index contributed by atoms with van der Waals surface area (Å²) in [5.74, 6) is -0.658. The van der Waals surface area contributed by atoms with Gasteiger partial charge in [-0.1, -0.05) is 29.4 Å². The zero-order valence-electron chi connectivity index (χ0n) is 15.0. The molecule has 0 unspecified atom stereocenters. The van der Waals surface area contributed by atoms with E-state index in [2.05, 4.69) is 10.5 Å². The molecule has 0 aromatic heterocycles. The Morgan fingerprint density at radius 1 is 1.22 bits per heavy atom. The summed E-state index contributed by atoms with van der Waals surface area (Å²) in [6.07, 6.45) is 0.186. The number of nitrogens with zero attached hydrogens (tertiary/aromatic N) is 2. The molecule has 2 amide bonds. The summed E-state index contributed by atoms with van der Waals surface area (Å²) in [6.45, 7) is 2.88. The Balaban J connectivity index is 1.66. The summed E-state index contributed by atoms with van der Waals surface area (Å²) >= 11 is 0. The average Bonchev–Trinajstić information content (AvgIpc) is 3.10. The van der Waals surface area contributed by atoms with Gasteiger partial charge in [0.15, 0.2) is 6.10 Å². The van der Waals surface area contributed by atoms with Crippen LogP contribution in [0, 0.1) is 11.6 Å². The van der Waals surface area contributed by atoms with Crippen LogP contribution in [0.25, 0.3) is 0 Å². The highest BCUT2D eigenvalue weighted by molar-refractivity contribution is 6.01. The van der Waals surface area contributed by atoms with Crippen molar-refractivity contribution in [2.24, 2.45) is 5.16 Å². The highest BCUT2D eigenvalue weighted by atomic mass is 19.1. The zero-order valence-corrected chi connectivity index (χ0v) is 15.0. The number of nitrogens with one attached hydrogen (secondary N) is 1. The second kappa shape index (κ2) is 8.62. The number of hydrogen-bond acceptors (Lipinski definition) is 3. The normalized spacial score (nSPS) is 15.8. The van der Waals surface area contributed by atoms with E-state index in [-0.39, 0.29) is 30.3 Å². The maximum absolute atomic E-state index is 13.5. The van der Waals surface area contributed by atoms with Gasteiger partial charge >= 0.3 is 6.03 Å². The maximum atomic E-state index is 13.5. The predicted octanol–water partition coefficient (Wildman–Crippen LogP) is 3.69. The molecule has 7 heteroatoms. The molecule has 142 valence electrons. The minimum Gasteiger partial charge on any atom is -0.390 e. The molecule has 2 aromatic carbocycles. The van der Waals surface area contributed by atoms with E-state index in [1.54, 1.807) is 29.2 Å². The molecule has 0 spiro atoms. The lowest BCUT2D eigenvalue weighted by Crippen LogP contribution is -2.43. The van der Waals surface area contributed by atoms with E-state index in [1.807, 2.05) is 6.92 Å². The molecule has 1 aliphatic heterocycles. The van der Waals surface area contributed by atoms with Crippen molar-refractivity contribution in [3.8, 4) is 0 Å². The van der Waals surface area contributed by atoms with Crippen molar-refractivity contribution in [3.05, 3.63) is 71.3 Å². The highest BCUT2D eigenvalue weighted by Crippen LogP contribution is 2.19. The Kier molecular flexibility index (Phi) is 6.01. The van der Waals surface area contributed by atoms with Crippen LogP contribution < -0.4 is 5.32 Å². The number of carbonyl (C=O) groups is 1. The predicted molar refractivity (Wildman–Crippen MR) is 98.3 cm³/mol. The van der Waals surface area contributed by atoms with Gasteiger partial charge in [-0.2, -0.15) is 0 Å². The largest absolute Gasteiger partial charge is 0.390 e. The number of amides is 2. The van der Waals surface area contributed by atoms with Crippen LogP contribution in [0.1, 0.15) is 24.5 Å². The van der Waals surface area contributed by atoms with E-state index in [9.17, 15) is 13.6 Å². The molecule has 0 fully saturated rings. The van der Waals surface area contributed by atoms with E-state index in [0.717, 1.165) is 5.56 Å². The van der Waals surface area contributed by atoms with E-state index in [4.69, 9.17) is 4.84 Å². The van der Waals surface area contributed by atoms with Crippen LogP contribution in [-0.2, 0) is 11.4 Å². The van der Waals surface area contributed by atoms with Crippen molar-refractivity contribution in [1.82, 2.24) is 10.2 Å². The lowest BCUT2D eigenvalue weighted by atomic mass is 10.0. The van der Waals surface area contributed by atoms with Crippen molar-refractivity contribution in [2.45, 2.75) is 26.0 Å². The molecule has 2 aromatic rings. The summed E-state index contributed by atoms with van der Waals surface area (Å²) in [4.78, 5) is 19.4. The number of urea groups is 1. The molecular weight excluding hydrogens is 352 g/mol. The van der Waals surface area contributed by atoms with Gasteiger partial charge in [-0.3, -0.25) is 0 Å². The molecule has 0 saturated carbocycles. The third kappa shape index (κ3) is 5.03. The molecule has 1 atom stereocenters. The third-order valence-electron chi connectivity index (χ3n) is 4.21. The van der Waals surface area contributed by atoms with Crippen LogP contribution in [-0.4, -0.2) is 35.8 Å². The summed E-state index contributed by atoms with van der Waals surface area (Å²) in [7, 11) is 0. The van der Waals surface area contributed by atoms with Crippen LogP contribution in [0.5, 0.6) is 0 Å². The van der Waals surface area contributed by atoms with Crippen molar-refractivity contribution in [1.29, 1.82) is 0 Å². The van der Waals surface area contributed by atoms with Gasteiger partial charge in [0, 0.05) is 19.5 Å². The van der Waals surface area contributed by atoms with Gasteiger partial charge in [0.1, 0.15) is 11.6 Å². The Morgan fingerprint density at radius 2 is 2.00 bits per heavy atom. The van der Waals surface area contributed by atoms with E-state index < -0.39 is 0 Å². The van der Waals surface area contributed by atoms with E-state index >= 15 is 0 Å². The standard InChI is InChI=1S/C20H21F2N3O2/c1-2-23-20(26)25(12-14-4-3-5-17(22)10-14)13-18-11-19(24-27-18)15-6-8-16(21)9-7-15/h3-10,18H,2,11-13H2,1H3,(H,23,26)/t18-/m0/s1. The fraction of sp³-hybridized carbons (Fsp3) is 0.300. The van der Waals surface area contributed by atoms with Gasteiger partial charge in [0.05, 0.1) is 12.3 Å². The van der Waals surface area contributed by atoms with Gasteiger partial charge < -0.3 is 15.1 Å². The monoisotopic (exact) mass is 373 g/mol. The molecule has 0 saturated heterocycles. The average molecular weight is 373 g/mol. The van der Waals surface area contributed by atoms with E-state index in [1.165, 1.54) is 24.3 Å². The van der Waals surface area contributed by atoms with E-state index in [0.29, 0.717) is 30.8 Å². The molecule has 27 heavy (non-hydrogen) atoms. The van der Waals surface area contributed by atoms with Crippen LogP contribution >= 0.6 is 0 Å². The molecule has 0 radical (unpaired) electrons. The van der Waals surface area contributed by atoms with Crippen molar-refractivity contribution in [3.63, 3.8) is 0 Å². The summed E-state index contributed by atoms with van der Waals surface area (Å²) in [5, 5.41) is 6.83. The van der Waals surface area contributed by atoms with Crippen LogP contribution in [0.3, 0.4) is 0 Å². The van der Waals surface area contributed by atoms with Crippen LogP contribution in [0.4, 0.5) is 13.6 Å². The number of halogens is 2. The van der Waals surface area contributed by atoms with Crippen LogP contribution in [0.2, 0.25) is 0 Å². The van der Waals surface area contributed by atoms with Gasteiger partial charge in [-0.25, -0.2) is 13.6 Å².